The average Bonchev–Trinajstić information content (AvgIpc) is 4.17. The third-order valence-corrected chi connectivity index (χ3v) is 17.1. The number of nitrogens with one attached hydrogen (secondary N) is 3. The van der Waals surface area contributed by atoms with Gasteiger partial charge in [0.2, 0.25) is 12.2 Å². The zero-order valence-corrected chi connectivity index (χ0v) is 42.0. The molecular weight excluding hydrogens is 1100 g/mol. The number of nitrogens with zero attached hydrogens (tertiary/aromatic N) is 9. The van der Waals surface area contributed by atoms with Crippen molar-refractivity contribution < 1.29 is 109 Å². The molecule has 75 heavy (non-hydrogen) atoms. The molecule has 4 aliphatic heterocycles. The molecule has 13 N–H and O–H groups in total. The summed E-state index contributed by atoms with van der Waals surface area (Å²) in [5, 5.41) is 43.2. The Morgan fingerprint density at radius 1 is 0.720 bits per heavy atom. The topological polar surface area (TPSA) is 549 Å². The fraction of sp³-hybridized carbons (Fsp3) is 0.545. The average molecular weight is 1140 g/mol. The van der Waals surface area contributed by atoms with Crippen molar-refractivity contribution >= 4 is 88.9 Å². The molecule has 38 nitrogen and oxygen atoms in total. The molecule has 3 fully saturated rings. The molecule has 0 saturated carbocycles. The number of phosphoric ester groups is 2. The summed E-state index contributed by atoms with van der Waals surface area (Å²) in [5.41, 5.74) is 15.8. The van der Waals surface area contributed by atoms with Crippen LogP contribution in [0, 0.1) is 0 Å². The molecular formula is C33H44N15O23P4-. The van der Waals surface area contributed by atoms with Gasteiger partial charge in [0, 0.05) is 18.8 Å². The highest BCUT2D eigenvalue weighted by Gasteiger charge is 2.54. The van der Waals surface area contributed by atoms with Crippen LogP contribution in [0.5, 0.6) is 0 Å². The van der Waals surface area contributed by atoms with E-state index in [1.165, 1.54) is 18.0 Å². The van der Waals surface area contributed by atoms with E-state index in [1.54, 1.807) is 0 Å². The lowest BCUT2D eigenvalue weighted by Gasteiger charge is -2.35. The van der Waals surface area contributed by atoms with Crippen molar-refractivity contribution in [3.63, 3.8) is 0 Å². The minimum absolute atomic E-state index is 0.000934. The predicted molar refractivity (Wildman–Crippen MR) is 237 cm³/mol. The van der Waals surface area contributed by atoms with Crippen LogP contribution >= 0.6 is 31.1 Å². The molecule has 3 saturated heterocycles. The molecule has 4 aliphatic rings. The predicted octanol–water partition coefficient (Wildman–Crippen LogP) is -7.00. The second-order valence-electron chi connectivity index (χ2n) is 16.8. The lowest BCUT2D eigenvalue weighted by molar-refractivity contribution is -0.715. The Morgan fingerprint density at radius 2 is 1.29 bits per heavy atom. The number of anilines is 3. The molecule has 17 atom stereocenters. The first-order valence-electron chi connectivity index (χ1n) is 21.5. The molecule has 410 valence electrons. The molecule has 4 unspecified atom stereocenters. The number of nitrogen functional groups attached to an aromatic ring is 3. The third kappa shape index (κ3) is 11.0. The van der Waals surface area contributed by atoms with Gasteiger partial charge in [0.15, 0.2) is 35.1 Å². The Morgan fingerprint density at radius 3 is 1.97 bits per heavy atom. The highest BCUT2D eigenvalue weighted by atomic mass is 31.3. The number of aliphatic hydroxyl groups is 4. The number of aliphatic hydroxyl groups excluding tert-OH is 4. The smallest absolute Gasteiger partial charge is 0.401 e. The first kappa shape index (κ1) is 54.8. The first-order chi connectivity index (χ1) is 35.2. The van der Waals surface area contributed by atoms with Crippen LogP contribution in [0.4, 0.5) is 29.2 Å². The van der Waals surface area contributed by atoms with Crippen molar-refractivity contribution in [2.45, 2.75) is 73.6 Å². The van der Waals surface area contributed by atoms with E-state index in [2.05, 4.69) is 53.0 Å². The quantitative estimate of drug-likeness (QED) is 0.0271. The lowest BCUT2D eigenvalue weighted by Crippen LogP contribution is -3.03. The Bertz CT molecular complexity index is 3360. The van der Waals surface area contributed by atoms with E-state index in [9.17, 15) is 63.0 Å². The summed E-state index contributed by atoms with van der Waals surface area (Å²) in [6.07, 6.45) is -14.8. The molecule has 0 aliphatic carbocycles. The van der Waals surface area contributed by atoms with Gasteiger partial charge in [0.1, 0.15) is 66.8 Å². The summed E-state index contributed by atoms with van der Waals surface area (Å²) >= 11 is 0. The summed E-state index contributed by atoms with van der Waals surface area (Å²) in [6.45, 7) is -2.14. The molecule has 9 heterocycles. The van der Waals surface area contributed by atoms with Gasteiger partial charge in [-0.25, -0.2) is 33.5 Å². The van der Waals surface area contributed by atoms with Crippen molar-refractivity contribution in [3.05, 3.63) is 39.7 Å². The van der Waals surface area contributed by atoms with E-state index >= 15 is 0 Å². The minimum atomic E-state index is -6.50. The fourth-order valence-electron chi connectivity index (χ4n) is 8.49. The minimum Gasteiger partial charge on any atom is -0.756 e. The Hall–Kier alpha value is -4.95. The number of phosphoric acid groups is 3. The Labute approximate surface area is 416 Å². The van der Waals surface area contributed by atoms with Crippen molar-refractivity contribution in [1.82, 2.24) is 49.0 Å². The molecule has 0 radical (unpaired) electrons. The van der Waals surface area contributed by atoms with E-state index in [-0.39, 0.29) is 51.5 Å². The van der Waals surface area contributed by atoms with Crippen LogP contribution in [0.3, 0.4) is 0 Å². The van der Waals surface area contributed by atoms with Crippen LogP contribution in [0.1, 0.15) is 12.5 Å². The molecule has 0 bridgehead atoms. The number of H-pyrrole nitrogens is 2. The highest BCUT2D eigenvalue weighted by molar-refractivity contribution is 7.65. The monoisotopic (exact) mass is 1140 g/mol. The van der Waals surface area contributed by atoms with Crippen molar-refractivity contribution in [2.75, 3.05) is 57.8 Å². The van der Waals surface area contributed by atoms with E-state index < -0.39 is 136 Å². The van der Waals surface area contributed by atoms with Crippen LogP contribution in [0.25, 0.3) is 22.3 Å². The van der Waals surface area contributed by atoms with E-state index in [1.807, 2.05) is 0 Å². The number of imidazole rings is 2. The van der Waals surface area contributed by atoms with Gasteiger partial charge >= 0.3 is 24.9 Å². The zero-order chi connectivity index (χ0) is 54.3. The van der Waals surface area contributed by atoms with Crippen molar-refractivity contribution in [3.8, 4) is 0 Å². The summed E-state index contributed by atoms with van der Waals surface area (Å²) in [6, 6.07) is 0. The second-order valence-corrected chi connectivity index (χ2v) is 23.3. The van der Waals surface area contributed by atoms with Gasteiger partial charge < -0.3 is 84.8 Å². The van der Waals surface area contributed by atoms with Gasteiger partial charge in [-0.1, -0.05) is 0 Å². The van der Waals surface area contributed by atoms with Crippen LogP contribution in [0.15, 0.2) is 28.6 Å². The van der Waals surface area contributed by atoms with E-state index in [4.69, 9.17) is 49.7 Å². The van der Waals surface area contributed by atoms with Gasteiger partial charge in [-0.15, -0.1) is 4.58 Å². The maximum Gasteiger partial charge on any atom is 0.401 e. The zero-order valence-electron chi connectivity index (χ0n) is 38.5. The summed E-state index contributed by atoms with van der Waals surface area (Å²) in [7, 11) is -20.6. The number of nitrogens with two attached hydrogens (primary N) is 3. The Balaban J connectivity index is 0.844. The molecule has 0 amide bonds. The van der Waals surface area contributed by atoms with Crippen LogP contribution in [-0.2, 0) is 63.9 Å². The number of methoxy groups -OCH3 is 1. The van der Waals surface area contributed by atoms with Crippen LogP contribution in [-0.4, -0.2) is 182 Å². The number of hydrogen-bond acceptors (Lipinski definition) is 32. The van der Waals surface area contributed by atoms with Crippen molar-refractivity contribution in [2.24, 2.45) is 0 Å². The number of rotatable bonds is 19. The van der Waals surface area contributed by atoms with Gasteiger partial charge in [0.25, 0.3) is 41.1 Å². The van der Waals surface area contributed by atoms with Gasteiger partial charge in [-0.3, -0.25) is 51.5 Å². The third-order valence-electron chi connectivity index (χ3n) is 11.8. The normalized spacial score (nSPS) is 32.0. The molecule has 42 heteroatoms. The largest absolute Gasteiger partial charge is 0.756 e. The molecule has 0 aromatic carbocycles. The van der Waals surface area contributed by atoms with Gasteiger partial charge in [-0.05, 0) is 0 Å². The van der Waals surface area contributed by atoms with Gasteiger partial charge in [0.05, 0.1) is 39.5 Å². The summed E-state index contributed by atoms with van der Waals surface area (Å²) in [4.78, 5) is 92.3. The van der Waals surface area contributed by atoms with Crippen molar-refractivity contribution in [1.29, 1.82) is 0 Å². The molecule has 5 aromatic rings. The number of quaternary nitrogens is 1. The summed E-state index contributed by atoms with van der Waals surface area (Å²) in [5.74, 6) is -0.754. The van der Waals surface area contributed by atoms with Crippen LogP contribution < -0.4 is 47.9 Å². The number of ether oxygens (including phenoxy) is 4. The molecule has 0 spiro atoms. The number of hydrogen-bond donors (Lipinski definition) is 10. The maximum absolute atomic E-state index is 14.1. The van der Waals surface area contributed by atoms with Gasteiger partial charge in [-0.2, -0.15) is 4.98 Å². The maximum atomic E-state index is 14.1. The van der Waals surface area contributed by atoms with E-state index in [0.717, 1.165) is 41.9 Å². The van der Waals surface area contributed by atoms with E-state index in [0.29, 0.717) is 4.90 Å². The number of aromatic amines is 2. The highest BCUT2D eigenvalue weighted by Crippen LogP contribution is 2.63. The lowest BCUT2D eigenvalue weighted by atomic mass is 10.1. The summed E-state index contributed by atoms with van der Waals surface area (Å²) < 4.78 is 108. The number of fused-ring (bicyclic) bond motifs is 3. The second kappa shape index (κ2) is 20.4. The number of aromatic nitrogens is 10. The Kier molecular flexibility index (Phi) is 14.9. The van der Waals surface area contributed by atoms with Crippen LogP contribution in [0.2, 0.25) is 0 Å². The SMILES string of the molecule is CO[C@H]1[C@@H](O[P@@](C)(=O)OC[C@H]2O[C@@H](n3cnc4c(=O)[nH]c(N)nc43)[C@H](O)[C@@H]2O)[C@H](n2cnc3c(N)ncnc32)O[C@@H]1COP(=O)([O-])OP(=O)([O-])OP(=O)([O-])OC[C@H]1O[C@@H]([N+]2=C[NH+](C)c3c2nc(N)[nH]c3=O)[C@H](O)[C@@H]1O. The fourth-order valence-corrected chi connectivity index (χ4v) is 13.0. The molecule has 5 aromatic heterocycles. The first-order valence-corrected chi connectivity index (χ1v) is 27.8. The molecule has 9 rings (SSSR count). The standard InChI is InChI=1S/C33H45N15O23P4/c1-45-10-48(26-16(45)28(54)44-33(36)42-26)30-20(52)18(50)12(67-30)5-64-73(56,57)70-75(60,61)71-74(58,59)65-6-13-21(62-2)22(31(68-13)46-8-39-14-23(34)37-7-38-24(14)46)69-72(3,55)63-4-11-17(49)19(51)29(66-11)47-9-40-15-25(47)41-32(35)43-27(15)53/h7-13,17-22,29-31,49-52H,4-6H2,1-3H3,(H10-,34,35,36,37,38,41,42,43,44,53,54,56,57,58,59,60,61)/p-1/t11-,12-,13-,17-,18-,19-,20-,21-,22-,29-,30-,31-,72+/m1/s1.